The van der Waals surface area contributed by atoms with Gasteiger partial charge in [-0.1, -0.05) is 26.2 Å². The van der Waals surface area contributed by atoms with Gasteiger partial charge in [-0.05, 0) is 56.6 Å². The molecule has 0 bridgehead atoms. The van der Waals surface area contributed by atoms with Gasteiger partial charge >= 0.3 is 5.69 Å². The summed E-state index contributed by atoms with van der Waals surface area (Å²) in [5, 5.41) is 7.51. The second-order valence-electron chi connectivity index (χ2n) is 8.56. The van der Waals surface area contributed by atoms with Gasteiger partial charge in [-0.2, -0.15) is 0 Å². The third kappa shape index (κ3) is 4.65. The van der Waals surface area contributed by atoms with Gasteiger partial charge in [0.25, 0.3) is 0 Å². The van der Waals surface area contributed by atoms with Gasteiger partial charge in [0.1, 0.15) is 0 Å². The predicted molar refractivity (Wildman–Crippen MR) is 110 cm³/mol. The van der Waals surface area contributed by atoms with Crippen molar-refractivity contribution in [2.45, 2.75) is 77.3 Å². The zero-order chi connectivity index (χ0) is 20.2. The van der Waals surface area contributed by atoms with Crippen molar-refractivity contribution in [3.63, 3.8) is 0 Å². The lowest BCUT2D eigenvalue weighted by atomic mass is 9.79. The Bertz CT molecular complexity index is 855. The SMILES string of the molecule is CCCCC1CCC(C(=O)NCCn2nc(-c3ccco3)n(C3CC3)c2=O)CC1. The van der Waals surface area contributed by atoms with Gasteiger partial charge in [0.05, 0.1) is 12.8 Å². The summed E-state index contributed by atoms with van der Waals surface area (Å²) < 4.78 is 8.65. The van der Waals surface area contributed by atoms with E-state index in [1.54, 1.807) is 16.9 Å². The minimum Gasteiger partial charge on any atom is -0.461 e. The molecule has 2 aromatic rings. The molecule has 0 aliphatic heterocycles. The van der Waals surface area contributed by atoms with E-state index in [-0.39, 0.29) is 23.6 Å². The van der Waals surface area contributed by atoms with E-state index in [1.807, 2.05) is 6.07 Å². The van der Waals surface area contributed by atoms with E-state index in [2.05, 4.69) is 17.3 Å². The summed E-state index contributed by atoms with van der Waals surface area (Å²) in [5.74, 6) is 2.23. The van der Waals surface area contributed by atoms with Crippen molar-refractivity contribution in [3.05, 3.63) is 28.9 Å². The Labute approximate surface area is 171 Å². The average molecular weight is 401 g/mol. The Morgan fingerprint density at radius 2 is 2.03 bits per heavy atom. The topological polar surface area (TPSA) is 82.1 Å². The van der Waals surface area contributed by atoms with Gasteiger partial charge in [-0.3, -0.25) is 9.36 Å². The summed E-state index contributed by atoms with van der Waals surface area (Å²) in [7, 11) is 0. The highest BCUT2D eigenvalue weighted by atomic mass is 16.3. The number of nitrogens with zero attached hydrogens (tertiary/aromatic N) is 3. The summed E-state index contributed by atoms with van der Waals surface area (Å²) in [6.45, 7) is 3.04. The molecule has 2 saturated carbocycles. The van der Waals surface area contributed by atoms with E-state index in [0.717, 1.165) is 44.4 Å². The standard InChI is InChI=1S/C22H32N4O3/c1-2-3-5-16-7-9-17(10-8-16)21(27)23-13-14-25-22(28)26(18-11-12-18)20(24-25)19-6-4-15-29-19/h4,6,15-18H,2-3,5,7-14H2,1H3,(H,23,27). The lowest BCUT2D eigenvalue weighted by Crippen LogP contribution is -2.36. The van der Waals surface area contributed by atoms with Crippen LogP contribution in [0, 0.1) is 11.8 Å². The van der Waals surface area contributed by atoms with Crippen LogP contribution in [0.1, 0.15) is 70.8 Å². The molecule has 0 aromatic carbocycles. The van der Waals surface area contributed by atoms with Crippen LogP contribution in [0.4, 0.5) is 0 Å². The van der Waals surface area contributed by atoms with Gasteiger partial charge in [0.15, 0.2) is 5.76 Å². The number of aromatic nitrogens is 3. The third-order valence-corrected chi connectivity index (χ3v) is 6.33. The molecule has 7 nitrogen and oxygen atoms in total. The molecule has 0 saturated heterocycles. The van der Waals surface area contributed by atoms with Crippen LogP contribution in [-0.2, 0) is 11.3 Å². The molecule has 0 spiro atoms. The zero-order valence-electron chi connectivity index (χ0n) is 17.3. The number of nitrogens with one attached hydrogen (secondary N) is 1. The van der Waals surface area contributed by atoms with Gasteiger partial charge in [0, 0.05) is 18.5 Å². The number of carbonyl (C=O) groups is 1. The molecule has 2 fully saturated rings. The predicted octanol–water partition coefficient (Wildman–Crippen LogP) is 3.75. The lowest BCUT2D eigenvalue weighted by Gasteiger charge is -2.27. The Kier molecular flexibility index (Phi) is 6.21. The van der Waals surface area contributed by atoms with E-state index < -0.39 is 0 Å². The maximum absolute atomic E-state index is 12.8. The van der Waals surface area contributed by atoms with E-state index >= 15 is 0 Å². The summed E-state index contributed by atoms with van der Waals surface area (Å²) in [5.41, 5.74) is -0.121. The van der Waals surface area contributed by atoms with Crippen molar-refractivity contribution < 1.29 is 9.21 Å². The highest BCUT2D eigenvalue weighted by Gasteiger charge is 2.31. The number of hydrogen-bond acceptors (Lipinski definition) is 4. The second kappa shape index (κ2) is 9.01. The highest BCUT2D eigenvalue weighted by molar-refractivity contribution is 5.78. The summed E-state index contributed by atoms with van der Waals surface area (Å²) in [4.78, 5) is 25.3. The van der Waals surface area contributed by atoms with Gasteiger partial charge in [-0.15, -0.1) is 5.10 Å². The first kappa shape index (κ1) is 20.0. The molecule has 0 atom stereocenters. The first-order valence-corrected chi connectivity index (χ1v) is 11.2. The van der Waals surface area contributed by atoms with Crippen molar-refractivity contribution in [1.82, 2.24) is 19.7 Å². The van der Waals surface area contributed by atoms with Crippen LogP contribution in [0.25, 0.3) is 11.6 Å². The molecule has 2 aliphatic rings. The minimum absolute atomic E-state index is 0.118. The Hall–Kier alpha value is -2.31. The number of rotatable bonds is 9. The number of unbranched alkanes of at least 4 members (excludes halogenated alkanes) is 1. The van der Waals surface area contributed by atoms with Crippen LogP contribution in [0.15, 0.2) is 27.6 Å². The molecular weight excluding hydrogens is 368 g/mol. The molecule has 158 valence electrons. The fourth-order valence-electron chi connectivity index (χ4n) is 4.44. The quantitative estimate of drug-likeness (QED) is 0.695. The zero-order valence-corrected chi connectivity index (χ0v) is 17.3. The highest BCUT2D eigenvalue weighted by Crippen LogP contribution is 2.36. The summed E-state index contributed by atoms with van der Waals surface area (Å²) >= 11 is 0. The van der Waals surface area contributed by atoms with Crippen molar-refractivity contribution >= 4 is 5.91 Å². The number of amides is 1. The Morgan fingerprint density at radius 1 is 1.24 bits per heavy atom. The molecular formula is C22H32N4O3. The Balaban J connectivity index is 1.30. The third-order valence-electron chi connectivity index (χ3n) is 6.33. The molecule has 0 unspecified atom stereocenters. The van der Waals surface area contributed by atoms with Crippen LogP contribution in [-0.4, -0.2) is 26.8 Å². The van der Waals surface area contributed by atoms with Crippen molar-refractivity contribution in [1.29, 1.82) is 0 Å². The first-order chi connectivity index (χ1) is 14.2. The summed E-state index contributed by atoms with van der Waals surface area (Å²) in [6, 6.07) is 3.84. The molecule has 2 aliphatic carbocycles. The monoisotopic (exact) mass is 400 g/mol. The van der Waals surface area contributed by atoms with E-state index in [4.69, 9.17) is 4.42 Å². The molecule has 7 heteroatoms. The van der Waals surface area contributed by atoms with E-state index in [0.29, 0.717) is 24.7 Å². The lowest BCUT2D eigenvalue weighted by molar-refractivity contribution is -0.126. The Morgan fingerprint density at radius 3 is 2.69 bits per heavy atom. The van der Waals surface area contributed by atoms with Crippen LogP contribution in [0.2, 0.25) is 0 Å². The van der Waals surface area contributed by atoms with Gasteiger partial charge in [0.2, 0.25) is 11.7 Å². The number of hydrogen-bond donors (Lipinski definition) is 1. The minimum atomic E-state index is -0.121. The molecule has 29 heavy (non-hydrogen) atoms. The number of carbonyl (C=O) groups excluding carboxylic acids is 1. The number of furan rings is 1. The molecule has 1 N–H and O–H groups in total. The van der Waals surface area contributed by atoms with Crippen LogP contribution in [0.3, 0.4) is 0 Å². The summed E-state index contributed by atoms with van der Waals surface area (Å²) in [6.07, 6.45) is 11.7. The molecule has 2 aromatic heterocycles. The molecule has 2 heterocycles. The maximum Gasteiger partial charge on any atom is 0.346 e. The molecule has 1 amide bonds. The van der Waals surface area contributed by atoms with Crippen LogP contribution >= 0.6 is 0 Å². The smallest absolute Gasteiger partial charge is 0.346 e. The fourth-order valence-corrected chi connectivity index (χ4v) is 4.44. The van der Waals surface area contributed by atoms with Crippen molar-refractivity contribution in [3.8, 4) is 11.6 Å². The second-order valence-corrected chi connectivity index (χ2v) is 8.56. The average Bonchev–Trinajstić information content (AvgIpc) is 3.31. The first-order valence-electron chi connectivity index (χ1n) is 11.2. The molecule has 0 radical (unpaired) electrons. The van der Waals surface area contributed by atoms with Crippen molar-refractivity contribution in [2.75, 3.05) is 6.54 Å². The van der Waals surface area contributed by atoms with Crippen LogP contribution < -0.4 is 11.0 Å². The largest absolute Gasteiger partial charge is 0.461 e. The molecule has 4 rings (SSSR count). The maximum atomic E-state index is 12.8. The van der Waals surface area contributed by atoms with Gasteiger partial charge in [-0.25, -0.2) is 9.48 Å². The normalized spacial score (nSPS) is 22.0. The van der Waals surface area contributed by atoms with Crippen molar-refractivity contribution in [2.24, 2.45) is 11.8 Å². The van der Waals surface area contributed by atoms with Crippen LogP contribution in [0.5, 0.6) is 0 Å². The van der Waals surface area contributed by atoms with Gasteiger partial charge < -0.3 is 9.73 Å². The van der Waals surface area contributed by atoms with E-state index in [1.165, 1.54) is 23.9 Å². The van der Waals surface area contributed by atoms with E-state index in [9.17, 15) is 9.59 Å². The fraction of sp³-hybridized carbons (Fsp3) is 0.682.